The molecule has 0 radical (unpaired) electrons. The van der Waals surface area contributed by atoms with Gasteiger partial charge in [0.2, 0.25) is 0 Å². The summed E-state index contributed by atoms with van der Waals surface area (Å²) in [5.41, 5.74) is 0.857. The highest BCUT2D eigenvalue weighted by molar-refractivity contribution is 6.07. The second kappa shape index (κ2) is 12.7. The van der Waals surface area contributed by atoms with Crippen molar-refractivity contribution in [2.24, 2.45) is 10.9 Å². The first-order chi connectivity index (χ1) is 19.9. The van der Waals surface area contributed by atoms with Gasteiger partial charge in [0.05, 0.1) is 23.2 Å². The van der Waals surface area contributed by atoms with Gasteiger partial charge in [-0.05, 0) is 37.6 Å². The summed E-state index contributed by atoms with van der Waals surface area (Å²) in [6.45, 7) is 5.78. The Labute approximate surface area is 240 Å². The number of carbonyl (C=O) groups is 2. The Morgan fingerprint density at radius 1 is 1.07 bits per heavy atom. The van der Waals surface area contributed by atoms with Crippen molar-refractivity contribution in [1.29, 1.82) is 0 Å². The van der Waals surface area contributed by atoms with Gasteiger partial charge in [-0.2, -0.15) is 13.2 Å². The first-order valence-corrected chi connectivity index (χ1v) is 13.3. The van der Waals surface area contributed by atoms with Crippen LogP contribution in [0.1, 0.15) is 30.9 Å². The van der Waals surface area contributed by atoms with E-state index in [2.05, 4.69) is 4.99 Å². The standard InChI is InChI=1S/C29H31F3N4O6/c1-18-24(27(37)41-3)26(20-6-4-9-23(16-20)36(39)40)25(19(2)33-18)28(38)42-15-14-34-10-12-35(13-11-34)22-8-5-7-21(17-22)29(30,31)32/h4-9,16-17,24,26H,10-15H2,1-3H3. The van der Waals surface area contributed by atoms with Crippen LogP contribution in [0.15, 0.2) is 64.8 Å². The van der Waals surface area contributed by atoms with E-state index in [-0.39, 0.29) is 17.9 Å². The van der Waals surface area contributed by atoms with E-state index in [1.807, 2.05) is 9.80 Å². The Morgan fingerprint density at radius 3 is 2.40 bits per heavy atom. The second-order valence-corrected chi connectivity index (χ2v) is 10.1. The lowest BCUT2D eigenvalue weighted by Gasteiger charge is -2.36. The van der Waals surface area contributed by atoms with E-state index in [4.69, 9.17) is 9.47 Å². The topological polar surface area (TPSA) is 115 Å². The molecule has 2 unspecified atom stereocenters. The third-order valence-corrected chi connectivity index (χ3v) is 7.50. The third-order valence-electron chi connectivity index (χ3n) is 7.50. The summed E-state index contributed by atoms with van der Waals surface area (Å²) in [5, 5.41) is 11.4. The van der Waals surface area contributed by atoms with Crippen LogP contribution in [0, 0.1) is 16.0 Å². The summed E-state index contributed by atoms with van der Waals surface area (Å²) in [5.74, 6) is -3.22. The monoisotopic (exact) mass is 588 g/mol. The molecule has 13 heteroatoms. The minimum absolute atomic E-state index is 0.0203. The van der Waals surface area contributed by atoms with E-state index in [1.54, 1.807) is 26.0 Å². The van der Waals surface area contributed by atoms with Gasteiger partial charge in [0.15, 0.2) is 0 Å². The van der Waals surface area contributed by atoms with Gasteiger partial charge in [-0.1, -0.05) is 18.2 Å². The molecular weight excluding hydrogens is 557 g/mol. The molecule has 2 atom stereocenters. The van der Waals surface area contributed by atoms with Crippen LogP contribution < -0.4 is 4.90 Å². The Balaban J connectivity index is 1.43. The normalized spacial score (nSPS) is 19.8. The SMILES string of the molecule is COC(=O)C1C(C)=NC(C)=C(C(=O)OCCN2CCN(c3cccc(C(F)(F)F)c3)CC2)C1c1cccc([N+](=O)[O-])c1. The number of esters is 2. The summed E-state index contributed by atoms with van der Waals surface area (Å²) < 4.78 is 49.9. The number of ether oxygens (including phenoxy) is 2. The van der Waals surface area contributed by atoms with Gasteiger partial charge in [0.1, 0.15) is 12.5 Å². The molecule has 2 aromatic rings. The molecule has 10 nitrogen and oxygen atoms in total. The lowest BCUT2D eigenvalue weighted by atomic mass is 9.75. The van der Waals surface area contributed by atoms with Crippen LogP contribution in [-0.4, -0.2) is 73.9 Å². The van der Waals surface area contributed by atoms with Crippen molar-refractivity contribution in [2.75, 3.05) is 51.3 Å². The molecule has 2 aromatic carbocycles. The van der Waals surface area contributed by atoms with Gasteiger partial charge in [0.25, 0.3) is 5.69 Å². The van der Waals surface area contributed by atoms with E-state index in [0.29, 0.717) is 55.4 Å². The van der Waals surface area contributed by atoms with Crippen molar-refractivity contribution in [1.82, 2.24) is 4.90 Å². The smallest absolute Gasteiger partial charge is 0.416 e. The molecule has 42 heavy (non-hydrogen) atoms. The van der Waals surface area contributed by atoms with Gasteiger partial charge in [-0.25, -0.2) is 4.79 Å². The van der Waals surface area contributed by atoms with Crippen LogP contribution in [0.25, 0.3) is 0 Å². The maximum atomic E-state index is 13.4. The Kier molecular flexibility index (Phi) is 9.30. The largest absolute Gasteiger partial charge is 0.468 e. The molecule has 2 aliphatic rings. The molecule has 0 saturated carbocycles. The fourth-order valence-corrected chi connectivity index (χ4v) is 5.38. The number of benzene rings is 2. The third kappa shape index (κ3) is 6.78. The first kappa shape index (κ1) is 30.7. The number of aliphatic imine (C=N–C) groups is 1. The van der Waals surface area contributed by atoms with E-state index < -0.39 is 40.4 Å². The number of piperazine rings is 1. The van der Waals surface area contributed by atoms with Gasteiger partial charge in [-0.15, -0.1) is 0 Å². The van der Waals surface area contributed by atoms with Crippen LogP contribution >= 0.6 is 0 Å². The van der Waals surface area contributed by atoms with Crippen molar-refractivity contribution in [2.45, 2.75) is 25.9 Å². The molecule has 0 bridgehead atoms. The van der Waals surface area contributed by atoms with Crippen LogP contribution in [0.4, 0.5) is 24.5 Å². The zero-order valence-corrected chi connectivity index (χ0v) is 23.4. The van der Waals surface area contributed by atoms with E-state index >= 15 is 0 Å². The van der Waals surface area contributed by atoms with Crippen molar-refractivity contribution in [3.8, 4) is 0 Å². The second-order valence-electron chi connectivity index (χ2n) is 10.1. The van der Waals surface area contributed by atoms with E-state index in [0.717, 1.165) is 12.1 Å². The highest BCUT2D eigenvalue weighted by Gasteiger charge is 2.42. The van der Waals surface area contributed by atoms with Gasteiger partial charge in [-0.3, -0.25) is 24.8 Å². The summed E-state index contributed by atoms with van der Waals surface area (Å²) >= 11 is 0. The van der Waals surface area contributed by atoms with Gasteiger partial charge in [0, 0.05) is 67.9 Å². The fourth-order valence-electron chi connectivity index (χ4n) is 5.38. The van der Waals surface area contributed by atoms with Gasteiger partial charge >= 0.3 is 18.1 Å². The first-order valence-electron chi connectivity index (χ1n) is 13.3. The number of hydrogen-bond donors (Lipinski definition) is 0. The minimum atomic E-state index is -4.41. The zero-order valence-electron chi connectivity index (χ0n) is 23.4. The molecule has 1 saturated heterocycles. The molecule has 0 aromatic heterocycles. The van der Waals surface area contributed by atoms with Crippen LogP contribution in [0.2, 0.25) is 0 Å². The van der Waals surface area contributed by atoms with Crippen LogP contribution in [-0.2, 0) is 25.2 Å². The molecule has 0 amide bonds. The molecule has 0 spiro atoms. The van der Waals surface area contributed by atoms with Crippen molar-refractivity contribution in [3.05, 3.63) is 81.0 Å². The summed E-state index contributed by atoms with van der Waals surface area (Å²) in [7, 11) is 1.22. The molecular formula is C29H31F3N4O6. The predicted molar refractivity (Wildman–Crippen MR) is 148 cm³/mol. The molecule has 4 rings (SSSR count). The number of alkyl halides is 3. The molecule has 0 N–H and O–H groups in total. The number of halogens is 3. The van der Waals surface area contributed by atoms with Crippen LogP contribution in [0.5, 0.6) is 0 Å². The number of methoxy groups -OCH3 is 1. The molecule has 2 heterocycles. The molecule has 2 aliphatic heterocycles. The maximum absolute atomic E-state index is 13.4. The zero-order chi connectivity index (χ0) is 30.6. The summed E-state index contributed by atoms with van der Waals surface area (Å²) in [6, 6.07) is 11.0. The van der Waals surface area contributed by atoms with E-state index in [1.165, 1.54) is 31.4 Å². The Bertz CT molecular complexity index is 1420. The highest BCUT2D eigenvalue weighted by Crippen LogP contribution is 2.41. The highest BCUT2D eigenvalue weighted by atomic mass is 19.4. The average Bonchev–Trinajstić information content (AvgIpc) is 2.96. The molecule has 224 valence electrons. The van der Waals surface area contributed by atoms with Crippen molar-refractivity contribution in [3.63, 3.8) is 0 Å². The number of anilines is 1. The number of non-ortho nitro benzene ring substituents is 1. The summed E-state index contributed by atoms with van der Waals surface area (Å²) in [6.07, 6.45) is -4.41. The molecule has 1 fully saturated rings. The van der Waals surface area contributed by atoms with Crippen molar-refractivity contribution >= 4 is 29.0 Å². The number of nitro groups is 1. The maximum Gasteiger partial charge on any atom is 0.416 e. The summed E-state index contributed by atoms with van der Waals surface area (Å²) in [4.78, 5) is 45.4. The number of rotatable bonds is 8. The fraction of sp³-hybridized carbons (Fsp3) is 0.414. The lowest BCUT2D eigenvalue weighted by Crippen LogP contribution is -2.47. The quantitative estimate of drug-likeness (QED) is 0.250. The lowest BCUT2D eigenvalue weighted by molar-refractivity contribution is -0.384. The minimum Gasteiger partial charge on any atom is -0.468 e. The predicted octanol–water partition coefficient (Wildman–Crippen LogP) is 4.60. The molecule has 0 aliphatic carbocycles. The Hall–Kier alpha value is -4.26. The number of nitro benzene ring substituents is 1. The van der Waals surface area contributed by atoms with E-state index in [9.17, 15) is 32.9 Å². The number of allylic oxidation sites excluding steroid dienone is 1. The number of hydrogen-bond acceptors (Lipinski definition) is 9. The Morgan fingerprint density at radius 2 is 1.76 bits per heavy atom. The average molecular weight is 589 g/mol. The van der Waals surface area contributed by atoms with Gasteiger partial charge < -0.3 is 14.4 Å². The van der Waals surface area contributed by atoms with Crippen LogP contribution in [0.3, 0.4) is 0 Å². The number of carbonyl (C=O) groups excluding carboxylic acids is 2. The van der Waals surface area contributed by atoms with Crippen molar-refractivity contribution < 1.29 is 37.2 Å². The number of nitrogens with zero attached hydrogens (tertiary/aromatic N) is 4.